The van der Waals surface area contributed by atoms with Crippen molar-refractivity contribution in [1.82, 2.24) is 20.4 Å². The lowest BCUT2D eigenvalue weighted by Crippen LogP contribution is -2.45. The Kier molecular flexibility index (Phi) is 6.61. The van der Waals surface area contributed by atoms with Crippen LogP contribution in [0.15, 0.2) is 83.0 Å². The average molecular weight is 499 g/mol. The maximum Gasteiger partial charge on any atom is 0.322 e. The predicted octanol–water partition coefficient (Wildman–Crippen LogP) is 6.96. The summed E-state index contributed by atoms with van der Waals surface area (Å²) in [5, 5.41) is 7.99. The second-order valence-corrected chi connectivity index (χ2v) is 9.42. The van der Waals surface area contributed by atoms with E-state index in [-0.39, 0.29) is 6.03 Å². The summed E-state index contributed by atoms with van der Waals surface area (Å²) < 4.78 is 5.78. The fraction of sp³-hybridized carbons (Fsp3) is 0.207. The molecule has 0 bridgehead atoms. The number of amides is 2. The normalized spacial score (nSPS) is 15.8. The molecule has 2 heterocycles. The highest BCUT2D eigenvalue weighted by Gasteiger charge is 2.35. The number of carbonyl (C=O) groups is 1. The highest BCUT2D eigenvalue weighted by atomic mass is 35.5. The Morgan fingerprint density at radius 1 is 1.00 bits per heavy atom. The van der Waals surface area contributed by atoms with Crippen molar-refractivity contribution < 1.29 is 9.32 Å². The summed E-state index contributed by atoms with van der Waals surface area (Å²) in [7, 11) is 0. The van der Waals surface area contributed by atoms with Crippen LogP contribution in [0.2, 0.25) is 5.02 Å². The van der Waals surface area contributed by atoms with Gasteiger partial charge >= 0.3 is 6.03 Å². The number of halogens is 1. The van der Waals surface area contributed by atoms with Gasteiger partial charge < -0.3 is 9.84 Å². The molecule has 1 unspecified atom stereocenters. The fourth-order valence-corrected chi connectivity index (χ4v) is 4.71. The lowest BCUT2D eigenvalue weighted by atomic mass is 9.93. The van der Waals surface area contributed by atoms with E-state index in [4.69, 9.17) is 21.1 Å². The summed E-state index contributed by atoms with van der Waals surface area (Å²) in [6, 6.07) is 23.1. The van der Waals surface area contributed by atoms with Gasteiger partial charge in [0.05, 0.1) is 18.2 Å². The largest absolute Gasteiger partial charge is 0.334 e. The lowest BCUT2D eigenvalue weighted by molar-refractivity contribution is 0.203. The van der Waals surface area contributed by atoms with Crippen molar-refractivity contribution in [3.63, 3.8) is 0 Å². The van der Waals surface area contributed by atoms with E-state index in [0.717, 1.165) is 39.9 Å². The summed E-state index contributed by atoms with van der Waals surface area (Å²) in [5.41, 5.74) is 6.66. The van der Waals surface area contributed by atoms with Crippen molar-refractivity contribution in [1.29, 1.82) is 0 Å². The monoisotopic (exact) mass is 498 g/mol. The van der Waals surface area contributed by atoms with Crippen LogP contribution in [0.25, 0.3) is 17.0 Å². The van der Waals surface area contributed by atoms with Crippen molar-refractivity contribution in [3.05, 3.63) is 112 Å². The molecule has 1 aliphatic rings. The molecule has 2 amide bonds. The van der Waals surface area contributed by atoms with Gasteiger partial charge in [0.2, 0.25) is 5.82 Å². The first-order chi connectivity index (χ1) is 17.4. The van der Waals surface area contributed by atoms with Crippen LogP contribution in [0.3, 0.4) is 0 Å². The van der Waals surface area contributed by atoms with Crippen LogP contribution in [0.4, 0.5) is 4.79 Å². The zero-order valence-electron chi connectivity index (χ0n) is 20.5. The number of hydrogen-bond acceptors (Lipinski definition) is 4. The van der Waals surface area contributed by atoms with Gasteiger partial charge in [-0.1, -0.05) is 89.9 Å². The minimum atomic E-state index is -0.426. The Morgan fingerprint density at radius 2 is 1.78 bits per heavy atom. The van der Waals surface area contributed by atoms with Crippen LogP contribution in [-0.4, -0.2) is 21.1 Å². The number of aromatic nitrogens is 2. The molecule has 6 nitrogen and oxygen atoms in total. The van der Waals surface area contributed by atoms with Crippen molar-refractivity contribution in [3.8, 4) is 11.4 Å². The maximum atomic E-state index is 13.3. The summed E-state index contributed by atoms with van der Waals surface area (Å²) in [4.78, 5) is 19.8. The van der Waals surface area contributed by atoms with Crippen LogP contribution in [0.5, 0.6) is 0 Å². The van der Waals surface area contributed by atoms with E-state index in [1.165, 1.54) is 5.56 Å². The molecule has 7 heteroatoms. The van der Waals surface area contributed by atoms with Crippen LogP contribution >= 0.6 is 11.6 Å². The topological polar surface area (TPSA) is 71.3 Å². The third kappa shape index (κ3) is 4.77. The average Bonchev–Trinajstić information content (AvgIpc) is 3.36. The van der Waals surface area contributed by atoms with Crippen LogP contribution < -0.4 is 5.32 Å². The molecule has 3 aromatic carbocycles. The van der Waals surface area contributed by atoms with Gasteiger partial charge in [0.1, 0.15) is 0 Å². The Bertz CT molecular complexity index is 1440. The molecule has 0 spiro atoms. The number of allylic oxidation sites excluding steroid dienone is 1. The smallest absolute Gasteiger partial charge is 0.322 e. The highest BCUT2D eigenvalue weighted by Crippen LogP contribution is 2.38. The lowest BCUT2D eigenvalue weighted by Gasteiger charge is -2.35. The molecule has 0 aliphatic carbocycles. The second-order valence-electron chi connectivity index (χ2n) is 8.99. The number of rotatable bonds is 6. The van der Waals surface area contributed by atoms with Gasteiger partial charge in [0.25, 0.3) is 5.89 Å². The minimum Gasteiger partial charge on any atom is -0.334 e. The van der Waals surface area contributed by atoms with E-state index in [2.05, 4.69) is 35.6 Å². The molecular weight excluding hydrogens is 472 g/mol. The molecule has 182 valence electrons. The molecule has 4 aromatic rings. The highest BCUT2D eigenvalue weighted by molar-refractivity contribution is 6.30. The zero-order chi connectivity index (χ0) is 25.2. The van der Waals surface area contributed by atoms with Crippen LogP contribution in [0.1, 0.15) is 48.0 Å². The van der Waals surface area contributed by atoms with Crippen molar-refractivity contribution >= 4 is 23.2 Å². The molecule has 1 aromatic heterocycles. The summed E-state index contributed by atoms with van der Waals surface area (Å²) in [6.45, 7) is 6.52. The van der Waals surface area contributed by atoms with Crippen LogP contribution in [0, 0.1) is 6.92 Å². The molecule has 1 N–H and O–H groups in total. The fourth-order valence-electron chi connectivity index (χ4n) is 4.52. The van der Waals surface area contributed by atoms with E-state index in [1.54, 1.807) is 17.0 Å². The minimum absolute atomic E-state index is 0.170. The van der Waals surface area contributed by atoms with Gasteiger partial charge in [-0.15, -0.1) is 0 Å². The van der Waals surface area contributed by atoms with Crippen molar-refractivity contribution in [2.45, 2.75) is 39.8 Å². The van der Waals surface area contributed by atoms with Gasteiger partial charge in [0, 0.05) is 16.3 Å². The molecule has 0 saturated carbocycles. The maximum absolute atomic E-state index is 13.3. The number of carbonyl (C=O) groups excluding carboxylic acids is 1. The predicted molar refractivity (Wildman–Crippen MR) is 141 cm³/mol. The Hall–Kier alpha value is -3.90. The molecule has 0 fully saturated rings. The molecule has 5 rings (SSSR count). The van der Waals surface area contributed by atoms with Crippen LogP contribution in [-0.2, 0) is 13.0 Å². The van der Waals surface area contributed by atoms with E-state index < -0.39 is 6.04 Å². The SMILES string of the molecule is CCc1ccc(C2NC(=O)N(Cc3cccc(C)c3)C(C)=C2c2nc(-c3cccc(Cl)c3)no2)cc1. The van der Waals surface area contributed by atoms with Gasteiger partial charge in [-0.2, -0.15) is 4.98 Å². The first-order valence-electron chi connectivity index (χ1n) is 12.0. The van der Waals surface area contributed by atoms with Crippen molar-refractivity contribution in [2.24, 2.45) is 0 Å². The summed E-state index contributed by atoms with van der Waals surface area (Å²) in [6.07, 6.45) is 0.940. The van der Waals surface area contributed by atoms with E-state index in [9.17, 15) is 4.79 Å². The van der Waals surface area contributed by atoms with Gasteiger partial charge in [-0.25, -0.2) is 4.79 Å². The standard InChI is InChI=1S/C29H27ClN4O2/c1-4-20-11-13-22(14-12-20)26-25(28-32-27(33-36-28)23-9-6-10-24(30)16-23)19(3)34(29(35)31-26)17-21-8-5-7-18(2)15-21/h5-16,26H,4,17H2,1-3H3,(H,31,35). The van der Waals surface area contributed by atoms with Gasteiger partial charge in [-0.3, -0.25) is 4.90 Å². The van der Waals surface area contributed by atoms with E-state index >= 15 is 0 Å². The molecule has 36 heavy (non-hydrogen) atoms. The number of aryl methyl sites for hydroxylation is 2. The first kappa shape index (κ1) is 23.8. The number of nitrogens with zero attached hydrogens (tertiary/aromatic N) is 3. The van der Waals surface area contributed by atoms with Crippen molar-refractivity contribution in [2.75, 3.05) is 0 Å². The molecule has 1 aliphatic heterocycles. The Labute approximate surface area is 215 Å². The molecule has 0 saturated heterocycles. The quantitative estimate of drug-likeness (QED) is 0.312. The first-order valence-corrected chi connectivity index (χ1v) is 12.3. The number of benzene rings is 3. The second kappa shape index (κ2) is 9.99. The number of nitrogens with one attached hydrogen (secondary N) is 1. The zero-order valence-corrected chi connectivity index (χ0v) is 21.2. The third-order valence-corrected chi connectivity index (χ3v) is 6.72. The van der Waals surface area contributed by atoms with Gasteiger partial charge in [-0.05, 0) is 49.1 Å². The molecular formula is C29H27ClN4O2. The molecule has 0 radical (unpaired) electrons. The number of hydrogen-bond donors (Lipinski definition) is 1. The Balaban J connectivity index is 1.59. The molecule has 1 atom stereocenters. The van der Waals surface area contributed by atoms with E-state index in [1.807, 2.05) is 56.3 Å². The van der Waals surface area contributed by atoms with E-state index in [0.29, 0.717) is 23.3 Å². The number of urea groups is 1. The summed E-state index contributed by atoms with van der Waals surface area (Å²) in [5.74, 6) is 0.802. The summed E-state index contributed by atoms with van der Waals surface area (Å²) >= 11 is 6.17. The van der Waals surface area contributed by atoms with Gasteiger partial charge in [0.15, 0.2) is 0 Å². The third-order valence-electron chi connectivity index (χ3n) is 6.48. The Morgan fingerprint density at radius 3 is 2.50 bits per heavy atom.